The lowest BCUT2D eigenvalue weighted by atomic mass is 9.97. The third-order valence-corrected chi connectivity index (χ3v) is 3.50. The van der Waals surface area contributed by atoms with Gasteiger partial charge in [-0.25, -0.2) is 0 Å². The molecule has 18 heavy (non-hydrogen) atoms. The van der Waals surface area contributed by atoms with Gasteiger partial charge < -0.3 is 10.2 Å². The van der Waals surface area contributed by atoms with Gasteiger partial charge in [-0.2, -0.15) is 5.26 Å². The molecule has 0 saturated heterocycles. The maximum atomic E-state index is 9.08. The lowest BCUT2D eigenvalue weighted by Gasteiger charge is -2.28. The van der Waals surface area contributed by atoms with Crippen molar-refractivity contribution in [2.45, 2.75) is 65.5 Å². The van der Waals surface area contributed by atoms with E-state index in [1.165, 1.54) is 13.0 Å². The molecule has 0 rings (SSSR count). The van der Waals surface area contributed by atoms with E-state index < -0.39 is 0 Å². The Balaban J connectivity index is 3.97. The van der Waals surface area contributed by atoms with Gasteiger partial charge in [0.05, 0.1) is 6.07 Å². The lowest BCUT2D eigenvalue weighted by Crippen LogP contribution is -2.38. The monoisotopic (exact) mass is 253 g/mol. The predicted molar refractivity (Wildman–Crippen MR) is 78.5 cm³/mol. The van der Waals surface area contributed by atoms with E-state index in [9.17, 15) is 0 Å². The average Bonchev–Trinajstić information content (AvgIpc) is 2.32. The van der Waals surface area contributed by atoms with Crippen LogP contribution in [-0.2, 0) is 0 Å². The third kappa shape index (κ3) is 6.98. The van der Waals surface area contributed by atoms with Crippen LogP contribution in [0.3, 0.4) is 0 Å². The van der Waals surface area contributed by atoms with E-state index in [0.717, 1.165) is 19.4 Å². The molecule has 0 fully saturated rings. The second-order valence-corrected chi connectivity index (χ2v) is 6.13. The first-order valence-corrected chi connectivity index (χ1v) is 7.19. The fourth-order valence-electron chi connectivity index (χ4n) is 2.06. The van der Waals surface area contributed by atoms with Crippen LogP contribution in [0.4, 0.5) is 0 Å². The molecule has 0 aromatic heterocycles. The minimum absolute atomic E-state index is 0.360. The van der Waals surface area contributed by atoms with E-state index in [0.29, 0.717) is 12.0 Å². The standard InChI is InChI=1S/C15H31N3/c1-13(2)11-18(14(3)4)10-8-7-9-15(5,12-16)17-6/h13-14,17H,7-11H2,1-6H3. The van der Waals surface area contributed by atoms with Crippen LogP contribution >= 0.6 is 0 Å². The van der Waals surface area contributed by atoms with E-state index in [1.54, 1.807) is 0 Å². The number of hydrogen-bond acceptors (Lipinski definition) is 3. The van der Waals surface area contributed by atoms with Crippen molar-refractivity contribution in [2.24, 2.45) is 5.92 Å². The highest BCUT2D eigenvalue weighted by molar-refractivity contribution is 5.02. The Morgan fingerprint density at radius 3 is 2.22 bits per heavy atom. The molecule has 0 amide bonds. The summed E-state index contributed by atoms with van der Waals surface area (Å²) in [6.07, 6.45) is 3.20. The van der Waals surface area contributed by atoms with Crippen molar-refractivity contribution in [3.8, 4) is 6.07 Å². The van der Waals surface area contributed by atoms with Gasteiger partial charge in [0.2, 0.25) is 0 Å². The maximum absolute atomic E-state index is 9.08. The number of nitrogens with zero attached hydrogens (tertiary/aromatic N) is 2. The van der Waals surface area contributed by atoms with Crippen LogP contribution in [-0.4, -0.2) is 36.6 Å². The van der Waals surface area contributed by atoms with E-state index in [4.69, 9.17) is 5.26 Å². The minimum Gasteiger partial charge on any atom is -0.303 e. The first kappa shape index (κ1) is 17.4. The van der Waals surface area contributed by atoms with Crippen molar-refractivity contribution in [3.05, 3.63) is 0 Å². The smallest absolute Gasteiger partial charge is 0.103 e. The predicted octanol–water partition coefficient (Wildman–Crippen LogP) is 3.02. The number of unbranched alkanes of at least 4 members (excludes halogenated alkanes) is 1. The summed E-state index contributed by atoms with van der Waals surface area (Å²) in [6.45, 7) is 13.3. The molecule has 1 unspecified atom stereocenters. The molecule has 0 saturated carbocycles. The number of hydrogen-bond donors (Lipinski definition) is 1. The van der Waals surface area contributed by atoms with Crippen molar-refractivity contribution in [1.29, 1.82) is 5.26 Å². The average molecular weight is 253 g/mol. The molecule has 0 spiro atoms. The summed E-state index contributed by atoms with van der Waals surface area (Å²) in [7, 11) is 1.86. The molecule has 0 aliphatic carbocycles. The first-order chi connectivity index (χ1) is 8.34. The van der Waals surface area contributed by atoms with Gasteiger partial charge in [0.1, 0.15) is 5.54 Å². The van der Waals surface area contributed by atoms with Crippen LogP contribution in [0.15, 0.2) is 0 Å². The van der Waals surface area contributed by atoms with Gasteiger partial charge in [0.15, 0.2) is 0 Å². The second-order valence-electron chi connectivity index (χ2n) is 6.13. The largest absolute Gasteiger partial charge is 0.303 e. The number of rotatable bonds is 9. The summed E-state index contributed by atoms with van der Waals surface area (Å²) in [5.74, 6) is 0.717. The SMILES string of the molecule is CNC(C)(C#N)CCCCN(CC(C)C)C(C)C. The Kier molecular flexibility index (Phi) is 8.22. The first-order valence-electron chi connectivity index (χ1n) is 7.19. The summed E-state index contributed by atoms with van der Waals surface area (Å²) < 4.78 is 0. The quantitative estimate of drug-likeness (QED) is 0.642. The molecule has 3 nitrogen and oxygen atoms in total. The zero-order chi connectivity index (χ0) is 14.2. The molecule has 0 radical (unpaired) electrons. The second kappa shape index (κ2) is 8.50. The molecule has 0 aromatic carbocycles. The summed E-state index contributed by atoms with van der Waals surface area (Å²) in [5, 5.41) is 12.2. The zero-order valence-electron chi connectivity index (χ0n) is 13.1. The van der Waals surface area contributed by atoms with Crippen molar-refractivity contribution >= 4 is 0 Å². The zero-order valence-corrected chi connectivity index (χ0v) is 13.1. The van der Waals surface area contributed by atoms with Crippen LogP contribution in [0, 0.1) is 17.2 Å². The van der Waals surface area contributed by atoms with Gasteiger partial charge >= 0.3 is 0 Å². The van der Waals surface area contributed by atoms with Gasteiger partial charge in [-0.1, -0.05) is 13.8 Å². The highest BCUT2D eigenvalue weighted by Crippen LogP contribution is 2.13. The lowest BCUT2D eigenvalue weighted by molar-refractivity contribution is 0.192. The van der Waals surface area contributed by atoms with E-state index in [2.05, 4.69) is 44.0 Å². The Morgan fingerprint density at radius 1 is 1.22 bits per heavy atom. The van der Waals surface area contributed by atoms with Gasteiger partial charge in [-0.05, 0) is 59.5 Å². The van der Waals surface area contributed by atoms with Gasteiger partial charge in [0.25, 0.3) is 0 Å². The minimum atomic E-state index is -0.360. The molecule has 1 N–H and O–H groups in total. The molecular formula is C15H31N3. The molecule has 1 atom stereocenters. The fourth-order valence-corrected chi connectivity index (χ4v) is 2.06. The highest BCUT2D eigenvalue weighted by atomic mass is 15.1. The van der Waals surface area contributed by atoms with Gasteiger partial charge in [-0.3, -0.25) is 0 Å². The molecule has 0 aliphatic heterocycles. The van der Waals surface area contributed by atoms with Crippen LogP contribution in [0.5, 0.6) is 0 Å². The topological polar surface area (TPSA) is 39.1 Å². The molecule has 106 valence electrons. The Labute approximate surface area is 114 Å². The van der Waals surface area contributed by atoms with E-state index in [1.807, 2.05) is 14.0 Å². The molecule has 0 aromatic rings. The molecule has 0 heterocycles. The summed E-state index contributed by atoms with van der Waals surface area (Å²) in [6, 6.07) is 2.96. The maximum Gasteiger partial charge on any atom is 0.103 e. The normalized spacial score (nSPS) is 15.1. The van der Waals surface area contributed by atoms with Crippen LogP contribution in [0.1, 0.15) is 53.9 Å². The van der Waals surface area contributed by atoms with Crippen molar-refractivity contribution in [2.75, 3.05) is 20.1 Å². The molecular weight excluding hydrogens is 222 g/mol. The van der Waals surface area contributed by atoms with Gasteiger partial charge in [0, 0.05) is 12.6 Å². The Hall–Kier alpha value is -0.590. The van der Waals surface area contributed by atoms with Crippen molar-refractivity contribution < 1.29 is 0 Å². The fraction of sp³-hybridized carbons (Fsp3) is 0.933. The number of nitriles is 1. The van der Waals surface area contributed by atoms with Crippen molar-refractivity contribution in [1.82, 2.24) is 10.2 Å². The summed E-state index contributed by atoms with van der Waals surface area (Å²) in [5.41, 5.74) is -0.360. The summed E-state index contributed by atoms with van der Waals surface area (Å²) >= 11 is 0. The molecule has 0 bridgehead atoms. The van der Waals surface area contributed by atoms with E-state index in [-0.39, 0.29) is 5.54 Å². The highest BCUT2D eigenvalue weighted by Gasteiger charge is 2.20. The molecule has 0 aliphatic rings. The Morgan fingerprint density at radius 2 is 1.83 bits per heavy atom. The van der Waals surface area contributed by atoms with Crippen LogP contribution < -0.4 is 5.32 Å². The van der Waals surface area contributed by atoms with E-state index >= 15 is 0 Å². The summed E-state index contributed by atoms with van der Waals surface area (Å²) in [4.78, 5) is 2.54. The van der Waals surface area contributed by atoms with Crippen molar-refractivity contribution in [3.63, 3.8) is 0 Å². The number of nitrogens with one attached hydrogen (secondary N) is 1. The molecule has 3 heteroatoms. The third-order valence-electron chi connectivity index (χ3n) is 3.50. The Bertz CT molecular complexity index is 255. The van der Waals surface area contributed by atoms with Crippen LogP contribution in [0.25, 0.3) is 0 Å². The van der Waals surface area contributed by atoms with Crippen LogP contribution in [0.2, 0.25) is 0 Å². The van der Waals surface area contributed by atoms with Gasteiger partial charge in [-0.15, -0.1) is 0 Å².